The van der Waals surface area contributed by atoms with E-state index in [0.717, 1.165) is 18.2 Å². The van der Waals surface area contributed by atoms with Gasteiger partial charge >= 0.3 is 5.97 Å². The van der Waals surface area contributed by atoms with Gasteiger partial charge in [0, 0.05) is 4.47 Å². The molecule has 0 aromatic heterocycles. The van der Waals surface area contributed by atoms with Gasteiger partial charge in [-0.2, -0.15) is 0 Å². The molecule has 9 heteroatoms. The maximum Gasteiger partial charge on any atom is 0.330 e. The summed E-state index contributed by atoms with van der Waals surface area (Å²) in [6.07, 6.45) is 0. The average molecular weight is 418 g/mol. The van der Waals surface area contributed by atoms with Crippen LogP contribution in [0, 0.1) is 17.5 Å². The van der Waals surface area contributed by atoms with E-state index in [9.17, 15) is 22.8 Å². The molecule has 2 rings (SSSR count). The lowest BCUT2D eigenvalue weighted by molar-refractivity contribution is -0.142. The Morgan fingerprint density at radius 2 is 1.80 bits per heavy atom. The quantitative estimate of drug-likeness (QED) is 0.756. The number of ether oxygens (including phenoxy) is 1. The molecule has 2 N–H and O–H groups in total. The number of nitrogens with one attached hydrogen (secondary N) is 1. The van der Waals surface area contributed by atoms with E-state index in [2.05, 4.69) is 21.2 Å². The Hall–Kier alpha value is -2.55. The van der Waals surface area contributed by atoms with Crippen molar-refractivity contribution in [3.05, 3.63) is 63.9 Å². The molecular formula is C16H11BrF3NO4. The van der Waals surface area contributed by atoms with Crippen molar-refractivity contribution in [2.75, 3.05) is 6.61 Å². The van der Waals surface area contributed by atoms with Crippen LogP contribution in [-0.4, -0.2) is 23.6 Å². The lowest BCUT2D eigenvalue weighted by Crippen LogP contribution is -2.36. The predicted molar refractivity (Wildman–Crippen MR) is 84.5 cm³/mol. The molecule has 0 aliphatic heterocycles. The number of hydrogen-bond donors (Lipinski definition) is 2. The summed E-state index contributed by atoms with van der Waals surface area (Å²) in [4.78, 5) is 23.1. The highest BCUT2D eigenvalue weighted by Crippen LogP contribution is 2.21. The Labute approximate surface area is 148 Å². The first-order chi connectivity index (χ1) is 11.8. The number of amides is 1. The van der Waals surface area contributed by atoms with E-state index in [4.69, 9.17) is 9.84 Å². The van der Waals surface area contributed by atoms with Crippen molar-refractivity contribution in [1.29, 1.82) is 0 Å². The van der Waals surface area contributed by atoms with E-state index in [1.54, 1.807) is 0 Å². The minimum Gasteiger partial charge on any atom is -0.481 e. The standard InChI is InChI=1S/C16H11BrF3NO4/c17-9-2-4-13(12(20)6-9)25-7-14(22)21-15(16(23)24)8-1-3-10(18)11(19)5-8/h1-6,15H,7H2,(H,21,22)(H,23,24)/t15-/m1/s1. The second kappa shape index (κ2) is 8.02. The highest BCUT2D eigenvalue weighted by atomic mass is 79.9. The van der Waals surface area contributed by atoms with Gasteiger partial charge in [-0.05, 0) is 35.9 Å². The van der Waals surface area contributed by atoms with E-state index in [1.165, 1.54) is 12.1 Å². The Bertz CT molecular complexity index is 816. The largest absolute Gasteiger partial charge is 0.481 e. The van der Waals surface area contributed by atoms with Crippen LogP contribution in [0.3, 0.4) is 0 Å². The summed E-state index contributed by atoms with van der Waals surface area (Å²) in [7, 11) is 0. The second-order valence-corrected chi connectivity index (χ2v) is 5.79. The summed E-state index contributed by atoms with van der Waals surface area (Å²) in [5.74, 6) is -5.65. The predicted octanol–water partition coefficient (Wildman–Crippen LogP) is 3.19. The summed E-state index contributed by atoms with van der Waals surface area (Å²) < 4.78 is 45.2. The number of carboxylic acids is 1. The average Bonchev–Trinajstić information content (AvgIpc) is 2.54. The summed E-state index contributed by atoms with van der Waals surface area (Å²) in [6.45, 7) is -0.661. The maximum atomic E-state index is 13.6. The van der Waals surface area contributed by atoms with Gasteiger partial charge in [-0.15, -0.1) is 0 Å². The van der Waals surface area contributed by atoms with E-state index in [0.29, 0.717) is 10.5 Å². The van der Waals surface area contributed by atoms with Gasteiger partial charge in [0.25, 0.3) is 5.91 Å². The summed E-state index contributed by atoms with van der Waals surface area (Å²) in [6, 6.07) is 4.76. The number of carbonyl (C=O) groups is 2. The van der Waals surface area contributed by atoms with Crippen molar-refractivity contribution in [3.8, 4) is 5.75 Å². The molecule has 2 aromatic carbocycles. The lowest BCUT2D eigenvalue weighted by Gasteiger charge is -2.15. The number of aliphatic carboxylic acids is 1. The van der Waals surface area contributed by atoms with Gasteiger partial charge in [0.2, 0.25) is 0 Å². The molecular weight excluding hydrogens is 407 g/mol. The number of halogens is 4. The third-order valence-electron chi connectivity index (χ3n) is 3.08. The zero-order valence-corrected chi connectivity index (χ0v) is 14.0. The van der Waals surface area contributed by atoms with Gasteiger partial charge in [-0.25, -0.2) is 18.0 Å². The molecule has 0 bridgehead atoms. The number of carboxylic acid groups (broad SMARTS) is 1. The first kappa shape index (κ1) is 18.8. The van der Waals surface area contributed by atoms with Crippen LogP contribution in [0.4, 0.5) is 13.2 Å². The van der Waals surface area contributed by atoms with Crippen LogP contribution in [0.15, 0.2) is 40.9 Å². The Morgan fingerprint density at radius 1 is 1.08 bits per heavy atom. The molecule has 5 nitrogen and oxygen atoms in total. The molecule has 25 heavy (non-hydrogen) atoms. The summed E-state index contributed by atoms with van der Waals surface area (Å²) in [5.41, 5.74) is -0.158. The first-order valence-corrected chi connectivity index (χ1v) is 7.62. The third kappa shape index (κ3) is 4.96. The molecule has 0 saturated carbocycles. The molecule has 2 aromatic rings. The van der Waals surface area contributed by atoms with Gasteiger partial charge in [-0.3, -0.25) is 4.79 Å². The molecule has 0 unspecified atom stereocenters. The number of rotatable bonds is 6. The van der Waals surface area contributed by atoms with Gasteiger partial charge in [0.15, 0.2) is 35.8 Å². The molecule has 1 amide bonds. The van der Waals surface area contributed by atoms with Crippen LogP contribution in [0.2, 0.25) is 0 Å². The zero-order valence-electron chi connectivity index (χ0n) is 12.4. The molecule has 0 fully saturated rings. The van der Waals surface area contributed by atoms with Crippen molar-refractivity contribution >= 4 is 27.8 Å². The van der Waals surface area contributed by atoms with Gasteiger partial charge in [-0.1, -0.05) is 22.0 Å². The van der Waals surface area contributed by atoms with Crippen LogP contribution in [-0.2, 0) is 9.59 Å². The topological polar surface area (TPSA) is 75.6 Å². The fraction of sp³-hybridized carbons (Fsp3) is 0.125. The van der Waals surface area contributed by atoms with Crippen LogP contribution < -0.4 is 10.1 Å². The second-order valence-electron chi connectivity index (χ2n) is 4.88. The molecule has 1 atom stereocenters. The highest BCUT2D eigenvalue weighted by Gasteiger charge is 2.23. The minimum absolute atomic E-state index is 0.158. The number of benzene rings is 2. The van der Waals surface area contributed by atoms with Crippen LogP contribution in [0.1, 0.15) is 11.6 Å². The maximum absolute atomic E-state index is 13.6. The normalized spacial score (nSPS) is 11.7. The molecule has 0 aliphatic carbocycles. The third-order valence-corrected chi connectivity index (χ3v) is 3.58. The fourth-order valence-corrected chi connectivity index (χ4v) is 2.25. The number of hydrogen-bond acceptors (Lipinski definition) is 3. The zero-order chi connectivity index (χ0) is 18.6. The Morgan fingerprint density at radius 3 is 2.40 bits per heavy atom. The molecule has 0 radical (unpaired) electrons. The van der Waals surface area contributed by atoms with Crippen molar-refractivity contribution in [3.63, 3.8) is 0 Å². The van der Waals surface area contributed by atoms with Crippen molar-refractivity contribution in [2.24, 2.45) is 0 Å². The van der Waals surface area contributed by atoms with Crippen molar-refractivity contribution in [1.82, 2.24) is 5.32 Å². The SMILES string of the molecule is O=C(COc1ccc(Br)cc1F)N[C@@H](C(=O)O)c1ccc(F)c(F)c1. The molecule has 0 aliphatic rings. The van der Waals surface area contributed by atoms with Crippen molar-refractivity contribution in [2.45, 2.75) is 6.04 Å². The smallest absolute Gasteiger partial charge is 0.330 e. The minimum atomic E-state index is -1.61. The lowest BCUT2D eigenvalue weighted by atomic mass is 10.1. The fourth-order valence-electron chi connectivity index (χ4n) is 1.92. The molecule has 0 spiro atoms. The Balaban J connectivity index is 2.05. The van der Waals surface area contributed by atoms with Crippen LogP contribution in [0.5, 0.6) is 5.75 Å². The molecule has 132 valence electrons. The Kier molecular flexibility index (Phi) is 6.02. The molecule has 0 heterocycles. The number of carbonyl (C=O) groups excluding carboxylic acids is 1. The van der Waals surface area contributed by atoms with E-state index in [-0.39, 0.29) is 11.3 Å². The van der Waals surface area contributed by atoms with Gasteiger partial charge in [0.1, 0.15) is 0 Å². The van der Waals surface area contributed by atoms with Gasteiger partial charge in [0.05, 0.1) is 0 Å². The summed E-state index contributed by atoms with van der Waals surface area (Å²) >= 11 is 3.06. The van der Waals surface area contributed by atoms with Crippen LogP contribution in [0.25, 0.3) is 0 Å². The van der Waals surface area contributed by atoms with E-state index in [1.807, 2.05) is 0 Å². The van der Waals surface area contributed by atoms with E-state index < -0.39 is 42.0 Å². The molecule has 0 saturated heterocycles. The monoisotopic (exact) mass is 417 g/mol. The van der Waals surface area contributed by atoms with E-state index >= 15 is 0 Å². The first-order valence-electron chi connectivity index (χ1n) is 6.83. The summed E-state index contributed by atoms with van der Waals surface area (Å²) in [5, 5.41) is 11.3. The van der Waals surface area contributed by atoms with Crippen molar-refractivity contribution < 1.29 is 32.6 Å². The highest BCUT2D eigenvalue weighted by molar-refractivity contribution is 9.10. The van der Waals surface area contributed by atoms with Gasteiger partial charge < -0.3 is 15.2 Å². The van der Waals surface area contributed by atoms with Crippen LogP contribution >= 0.6 is 15.9 Å².